The average molecular weight is 165 g/mol. The van der Waals surface area contributed by atoms with Crippen LogP contribution in [0.25, 0.3) is 0 Å². The van der Waals surface area contributed by atoms with E-state index in [0.29, 0.717) is 8.27 Å². The van der Waals surface area contributed by atoms with Gasteiger partial charge in [-0.05, 0) is 14.6 Å². The van der Waals surface area contributed by atoms with Crippen LogP contribution in [0.15, 0.2) is 12.4 Å². The second kappa shape index (κ2) is 4.99. The first-order chi connectivity index (χ1) is 4.18. The van der Waals surface area contributed by atoms with Crippen molar-refractivity contribution >= 4 is 16.7 Å². The first kappa shape index (κ1) is 9.16. The van der Waals surface area contributed by atoms with Crippen molar-refractivity contribution in [1.82, 2.24) is 4.83 Å². The van der Waals surface area contributed by atoms with Crippen LogP contribution >= 0.6 is 16.7 Å². The Labute approximate surface area is 58.8 Å². The maximum absolute atomic E-state index is 10.6. The Bertz CT molecular complexity index is 98.6. The van der Waals surface area contributed by atoms with Crippen molar-refractivity contribution in [3.8, 4) is 0 Å². The number of nitrogens with two attached hydrogens (primary N) is 1. The van der Waals surface area contributed by atoms with E-state index in [9.17, 15) is 5.21 Å². The van der Waals surface area contributed by atoms with Crippen LogP contribution in [-0.4, -0.2) is 11.0 Å². The zero-order chi connectivity index (χ0) is 7.28. The third-order valence-electron chi connectivity index (χ3n) is 0.618. The number of hydroxylamine groups is 1. The van der Waals surface area contributed by atoms with Crippen LogP contribution in [0.1, 0.15) is 6.92 Å². The van der Waals surface area contributed by atoms with Crippen molar-refractivity contribution in [2.24, 2.45) is 5.73 Å². The summed E-state index contributed by atoms with van der Waals surface area (Å²) in [4.78, 5) is 0.752. The summed E-state index contributed by atoms with van der Waals surface area (Å²) < 4.78 is 0. The lowest BCUT2D eigenvalue weighted by molar-refractivity contribution is 0.763. The monoisotopic (exact) mass is 165 g/mol. The lowest BCUT2D eigenvalue weighted by Gasteiger charge is -2.28. The summed E-state index contributed by atoms with van der Waals surface area (Å²) in [5.41, 5.74) is 5.11. The van der Waals surface area contributed by atoms with Crippen LogP contribution in [0.5, 0.6) is 0 Å². The molecule has 3 nitrogen and oxygen atoms in total. The molecule has 54 valence electrons. The maximum Gasteiger partial charge on any atom is 0.0837 e. The minimum atomic E-state index is 0.120. The Morgan fingerprint density at radius 2 is 2.44 bits per heavy atom. The predicted molar refractivity (Wildman–Crippen MR) is 45.7 cm³/mol. The van der Waals surface area contributed by atoms with Gasteiger partial charge in [-0.25, -0.2) is 0 Å². The second-order valence-corrected chi connectivity index (χ2v) is 4.85. The van der Waals surface area contributed by atoms with E-state index in [1.54, 1.807) is 0 Å². The van der Waals surface area contributed by atoms with Crippen LogP contribution in [0.3, 0.4) is 0 Å². The van der Waals surface area contributed by atoms with Crippen LogP contribution < -0.4 is 5.73 Å². The minimum Gasteiger partial charge on any atom is -0.754 e. The second-order valence-electron chi connectivity index (χ2n) is 1.43. The minimum absolute atomic E-state index is 0.120. The van der Waals surface area contributed by atoms with Crippen molar-refractivity contribution in [2.45, 2.75) is 6.92 Å². The molecule has 0 saturated carbocycles. The van der Waals surface area contributed by atoms with E-state index >= 15 is 0 Å². The highest BCUT2D eigenvalue weighted by atomic mass is 32.0. The number of hydrogen-bond donors (Lipinski definition) is 1. The molecule has 2 atom stereocenters. The van der Waals surface area contributed by atoms with Gasteiger partial charge < -0.3 is 15.8 Å². The molecule has 0 saturated heterocycles. The van der Waals surface area contributed by atoms with Gasteiger partial charge in [0.1, 0.15) is 0 Å². The van der Waals surface area contributed by atoms with Crippen LogP contribution in [0, 0.1) is 5.21 Å². The quantitative estimate of drug-likeness (QED) is 0.506. The van der Waals surface area contributed by atoms with Crippen LogP contribution in [0.4, 0.5) is 0 Å². The van der Waals surface area contributed by atoms with Gasteiger partial charge in [0.25, 0.3) is 0 Å². The standard InChI is InChI=1S/C4H11N2OP2/c1-3-8-9-6(7)4(2)5/h8-9H,2-3,5H2,1H3/q-1. The highest BCUT2D eigenvalue weighted by molar-refractivity contribution is 8.10. The third kappa shape index (κ3) is 4.65. The summed E-state index contributed by atoms with van der Waals surface area (Å²) in [6, 6.07) is 0. The van der Waals surface area contributed by atoms with Gasteiger partial charge in [-0.15, -0.1) is 0 Å². The van der Waals surface area contributed by atoms with Gasteiger partial charge in [-0.1, -0.05) is 21.8 Å². The van der Waals surface area contributed by atoms with Crippen LogP contribution in [0.2, 0.25) is 0 Å². The van der Waals surface area contributed by atoms with Gasteiger partial charge in [0.15, 0.2) is 0 Å². The van der Waals surface area contributed by atoms with E-state index in [2.05, 4.69) is 6.58 Å². The van der Waals surface area contributed by atoms with Crippen molar-refractivity contribution < 1.29 is 0 Å². The molecule has 0 aromatic heterocycles. The smallest absolute Gasteiger partial charge is 0.0837 e. The largest absolute Gasteiger partial charge is 0.754 e. The molecule has 2 N–H and O–H groups in total. The molecular formula is C4H11N2OP2-. The molecule has 0 aliphatic carbocycles. The normalized spacial score (nSPS) is 11.8. The Kier molecular flexibility index (Phi) is 5.07. The summed E-state index contributed by atoms with van der Waals surface area (Å²) in [6.45, 7) is 5.35. The zero-order valence-electron chi connectivity index (χ0n) is 5.35. The van der Waals surface area contributed by atoms with Gasteiger partial charge in [-0.2, -0.15) is 0 Å². The Morgan fingerprint density at radius 1 is 1.89 bits per heavy atom. The van der Waals surface area contributed by atoms with Crippen LogP contribution in [-0.2, 0) is 0 Å². The van der Waals surface area contributed by atoms with Crippen molar-refractivity contribution in [1.29, 1.82) is 0 Å². The Hall–Kier alpha value is 0.160. The summed E-state index contributed by atoms with van der Waals surface area (Å²) in [7, 11) is 0.956. The molecule has 0 rings (SSSR count). The van der Waals surface area contributed by atoms with Crippen molar-refractivity contribution in [2.75, 3.05) is 6.16 Å². The van der Waals surface area contributed by atoms with E-state index in [0.717, 1.165) is 11.0 Å². The Morgan fingerprint density at radius 3 is 2.78 bits per heavy atom. The first-order valence-corrected chi connectivity index (χ1v) is 5.74. The molecule has 0 radical (unpaired) electrons. The maximum atomic E-state index is 10.6. The molecule has 0 aliphatic rings. The summed E-state index contributed by atoms with van der Waals surface area (Å²) in [5, 5.41) is 10.6. The Balaban J connectivity index is 3.27. The van der Waals surface area contributed by atoms with E-state index in [1.807, 2.05) is 6.92 Å². The molecule has 0 aromatic carbocycles. The lowest BCUT2D eigenvalue weighted by atomic mass is 10.9. The number of rotatable bonds is 4. The summed E-state index contributed by atoms with van der Waals surface area (Å²) in [5.74, 6) is 0.120. The van der Waals surface area contributed by atoms with Gasteiger partial charge in [0.05, 0.1) is 5.82 Å². The molecule has 0 fully saturated rings. The van der Waals surface area contributed by atoms with E-state index < -0.39 is 0 Å². The van der Waals surface area contributed by atoms with Gasteiger partial charge in [0.2, 0.25) is 0 Å². The molecule has 0 aromatic rings. The van der Waals surface area contributed by atoms with E-state index in [4.69, 9.17) is 5.73 Å². The number of hydrogen-bond acceptors (Lipinski definition) is 3. The molecule has 0 spiro atoms. The highest BCUT2D eigenvalue weighted by Crippen LogP contribution is 2.39. The van der Waals surface area contributed by atoms with Gasteiger partial charge >= 0.3 is 0 Å². The molecule has 5 heteroatoms. The van der Waals surface area contributed by atoms with Crippen molar-refractivity contribution in [3.05, 3.63) is 17.6 Å². The molecular weight excluding hydrogens is 154 g/mol. The van der Waals surface area contributed by atoms with E-state index in [-0.39, 0.29) is 14.2 Å². The fraction of sp³-hybridized carbons (Fsp3) is 0.500. The molecule has 0 aliphatic heterocycles. The average Bonchev–Trinajstić information content (AvgIpc) is 1.82. The zero-order valence-corrected chi connectivity index (χ0v) is 7.35. The SMILES string of the molecule is C=C(N)N([O-])PPCC. The molecule has 0 heterocycles. The lowest BCUT2D eigenvalue weighted by Crippen LogP contribution is -2.09. The fourth-order valence-electron chi connectivity index (χ4n) is 0.223. The third-order valence-corrected chi connectivity index (χ3v) is 3.76. The summed E-state index contributed by atoms with van der Waals surface area (Å²) in [6.07, 6.45) is 1.05. The van der Waals surface area contributed by atoms with E-state index in [1.165, 1.54) is 0 Å². The predicted octanol–water partition coefficient (Wildman–Crippen LogP) is 1.42. The number of nitrogens with zero attached hydrogens (tertiary/aromatic N) is 1. The topological polar surface area (TPSA) is 52.3 Å². The summed E-state index contributed by atoms with van der Waals surface area (Å²) >= 11 is 0. The van der Waals surface area contributed by atoms with Crippen molar-refractivity contribution in [3.63, 3.8) is 0 Å². The fourth-order valence-corrected chi connectivity index (χ4v) is 2.00. The highest BCUT2D eigenvalue weighted by Gasteiger charge is 1.86. The van der Waals surface area contributed by atoms with Gasteiger partial charge in [-0.3, -0.25) is 0 Å². The molecule has 2 unspecified atom stereocenters. The molecule has 9 heavy (non-hydrogen) atoms. The first-order valence-electron chi connectivity index (χ1n) is 2.58. The van der Waals surface area contributed by atoms with Gasteiger partial charge in [0, 0.05) is 0 Å². The molecule has 0 amide bonds. The molecule has 0 bridgehead atoms.